The van der Waals surface area contributed by atoms with Crippen molar-refractivity contribution in [1.29, 1.82) is 0 Å². The number of hydrogen-bond donors (Lipinski definition) is 1. The molecule has 1 aromatic heterocycles. The fourth-order valence-electron chi connectivity index (χ4n) is 3.93. The monoisotopic (exact) mass is 412 g/mol. The average Bonchev–Trinajstić information content (AvgIpc) is 2.81. The van der Waals surface area contributed by atoms with Crippen molar-refractivity contribution in [3.05, 3.63) is 100 Å². The van der Waals surface area contributed by atoms with Gasteiger partial charge in [0.25, 0.3) is 5.56 Å². The van der Waals surface area contributed by atoms with Gasteiger partial charge in [0.1, 0.15) is 0 Å². The van der Waals surface area contributed by atoms with Crippen LogP contribution in [0.1, 0.15) is 28.9 Å². The minimum Gasteiger partial charge on any atom is -0.465 e. The molecule has 1 N–H and O–H groups in total. The van der Waals surface area contributed by atoms with Crippen LogP contribution in [0.2, 0.25) is 0 Å². The molecule has 0 bridgehead atoms. The Morgan fingerprint density at radius 2 is 1.65 bits per heavy atom. The van der Waals surface area contributed by atoms with Crippen LogP contribution < -0.4 is 10.9 Å². The summed E-state index contributed by atoms with van der Waals surface area (Å²) in [5.74, 6) is -0.395. The van der Waals surface area contributed by atoms with Gasteiger partial charge in [-0.1, -0.05) is 54.6 Å². The molecule has 0 saturated carbocycles. The van der Waals surface area contributed by atoms with Crippen LogP contribution in [-0.2, 0) is 11.8 Å². The van der Waals surface area contributed by atoms with E-state index in [0.29, 0.717) is 16.6 Å². The molecule has 0 amide bonds. The maximum atomic E-state index is 13.1. The smallest absolute Gasteiger partial charge is 0.339 e. The molecule has 0 saturated heterocycles. The van der Waals surface area contributed by atoms with Crippen molar-refractivity contribution >= 4 is 22.4 Å². The lowest BCUT2D eigenvalue weighted by Gasteiger charge is -2.20. The van der Waals surface area contributed by atoms with E-state index in [1.54, 1.807) is 23.7 Å². The van der Waals surface area contributed by atoms with E-state index in [4.69, 9.17) is 4.74 Å². The molecule has 4 rings (SSSR count). The molecular weight excluding hydrogens is 388 g/mol. The third-order valence-electron chi connectivity index (χ3n) is 5.56. The molecule has 0 fully saturated rings. The summed E-state index contributed by atoms with van der Waals surface area (Å²) in [6.07, 6.45) is 0. The summed E-state index contributed by atoms with van der Waals surface area (Å²) in [5, 5.41) is 4.97. The van der Waals surface area contributed by atoms with Crippen molar-refractivity contribution < 1.29 is 9.53 Å². The zero-order valence-electron chi connectivity index (χ0n) is 17.8. The number of carbonyl (C=O) groups is 1. The van der Waals surface area contributed by atoms with E-state index in [1.165, 1.54) is 7.11 Å². The van der Waals surface area contributed by atoms with Crippen molar-refractivity contribution in [3.8, 4) is 11.3 Å². The lowest BCUT2D eigenvalue weighted by Crippen LogP contribution is -2.19. The number of rotatable bonds is 5. The molecule has 0 aliphatic heterocycles. The number of anilines is 1. The van der Waals surface area contributed by atoms with Gasteiger partial charge >= 0.3 is 5.97 Å². The van der Waals surface area contributed by atoms with Crippen LogP contribution >= 0.6 is 0 Å². The SMILES string of the molecule is COC(=O)c1ccccc1NC(C)c1cccc2c(=O)n(C)c(-c3ccccc3)cc12. The third kappa shape index (κ3) is 3.82. The summed E-state index contributed by atoms with van der Waals surface area (Å²) in [6.45, 7) is 2.02. The summed E-state index contributed by atoms with van der Waals surface area (Å²) in [5.41, 5.74) is 3.93. The highest BCUT2D eigenvalue weighted by Crippen LogP contribution is 2.30. The summed E-state index contributed by atoms with van der Waals surface area (Å²) in [7, 11) is 3.17. The molecule has 0 aliphatic rings. The molecular formula is C26H24N2O3. The summed E-state index contributed by atoms with van der Waals surface area (Å²) in [4.78, 5) is 25.3. The van der Waals surface area contributed by atoms with Crippen LogP contribution in [0.5, 0.6) is 0 Å². The number of esters is 1. The standard InChI is InChI=1S/C26H24N2O3/c1-17(27-23-15-8-7-12-21(23)26(30)31-3)19-13-9-14-20-22(19)16-24(28(2)25(20)29)18-10-5-4-6-11-18/h4-17,27H,1-3H3. The fourth-order valence-corrected chi connectivity index (χ4v) is 3.93. The predicted molar refractivity (Wildman–Crippen MR) is 124 cm³/mol. The minimum absolute atomic E-state index is 0.0413. The van der Waals surface area contributed by atoms with Gasteiger partial charge in [0.15, 0.2) is 0 Å². The van der Waals surface area contributed by atoms with E-state index in [9.17, 15) is 9.59 Å². The van der Waals surface area contributed by atoms with Gasteiger partial charge < -0.3 is 14.6 Å². The Hall–Kier alpha value is -3.86. The molecule has 1 heterocycles. The van der Waals surface area contributed by atoms with Crippen molar-refractivity contribution in [2.75, 3.05) is 12.4 Å². The number of aromatic nitrogens is 1. The van der Waals surface area contributed by atoms with Crippen LogP contribution in [0.3, 0.4) is 0 Å². The van der Waals surface area contributed by atoms with E-state index < -0.39 is 5.97 Å². The van der Waals surface area contributed by atoms with E-state index >= 15 is 0 Å². The highest BCUT2D eigenvalue weighted by Gasteiger charge is 2.17. The van der Waals surface area contributed by atoms with Gasteiger partial charge in [-0.05, 0) is 47.7 Å². The highest BCUT2D eigenvalue weighted by atomic mass is 16.5. The maximum absolute atomic E-state index is 13.1. The highest BCUT2D eigenvalue weighted by molar-refractivity contribution is 5.96. The topological polar surface area (TPSA) is 60.3 Å². The number of nitrogens with zero attached hydrogens (tertiary/aromatic N) is 1. The maximum Gasteiger partial charge on any atom is 0.339 e. The molecule has 0 aliphatic carbocycles. The Morgan fingerprint density at radius 1 is 0.935 bits per heavy atom. The molecule has 0 radical (unpaired) electrons. The predicted octanol–water partition coefficient (Wildman–Crippen LogP) is 5.17. The molecule has 31 heavy (non-hydrogen) atoms. The Bertz CT molecular complexity index is 1310. The number of nitrogens with one attached hydrogen (secondary N) is 1. The molecule has 5 heteroatoms. The number of pyridine rings is 1. The average molecular weight is 412 g/mol. The van der Waals surface area contributed by atoms with Gasteiger partial charge in [0.05, 0.1) is 18.4 Å². The summed E-state index contributed by atoms with van der Waals surface area (Å²) >= 11 is 0. The Labute approximate surface area is 180 Å². The second-order valence-corrected chi connectivity index (χ2v) is 7.47. The normalized spacial score (nSPS) is 11.8. The Morgan fingerprint density at radius 3 is 2.39 bits per heavy atom. The van der Waals surface area contributed by atoms with Crippen molar-refractivity contribution in [3.63, 3.8) is 0 Å². The molecule has 156 valence electrons. The molecule has 1 unspecified atom stereocenters. The van der Waals surface area contributed by atoms with E-state index in [2.05, 4.69) is 11.4 Å². The molecule has 3 aromatic carbocycles. The van der Waals surface area contributed by atoms with Crippen molar-refractivity contribution in [1.82, 2.24) is 4.57 Å². The molecule has 0 spiro atoms. The van der Waals surface area contributed by atoms with Crippen LogP contribution in [-0.4, -0.2) is 17.6 Å². The van der Waals surface area contributed by atoms with Gasteiger partial charge in [-0.25, -0.2) is 4.79 Å². The first-order valence-electron chi connectivity index (χ1n) is 10.1. The Balaban J connectivity index is 1.83. The van der Waals surface area contributed by atoms with Gasteiger partial charge in [0, 0.05) is 24.2 Å². The Kier molecular flexibility index (Phi) is 5.58. The zero-order valence-corrected chi connectivity index (χ0v) is 17.8. The van der Waals surface area contributed by atoms with Crippen LogP contribution in [0.4, 0.5) is 5.69 Å². The van der Waals surface area contributed by atoms with E-state index in [-0.39, 0.29) is 11.6 Å². The van der Waals surface area contributed by atoms with Crippen LogP contribution in [0, 0.1) is 0 Å². The first-order valence-corrected chi connectivity index (χ1v) is 10.1. The second-order valence-electron chi connectivity index (χ2n) is 7.47. The third-order valence-corrected chi connectivity index (χ3v) is 5.56. The number of fused-ring (bicyclic) bond motifs is 1. The van der Waals surface area contributed by atoms with Gasteiger partial charge in [0.2, 0.25) is 0 Å². The minimum atomic E-state index is -0.395. The van der Waals surface area contributed by atoms with Crippen LogP contribution in [0.25, 0.3) is 22.0 Å². The first kappa shape index (κ1) is 20.4. The number of benzene rings is 3. The van der Waals surface area contributed by atoms with Crippen molar-refractivity contribution in [2.45, 2.75) is 13.0 Å². The zero-order chi connectivity index (χ0) is 22.0. The van der Waals surface area contributed by atoms with Gasteiger partial charge in [-0.2, -0.15) is 0 Å². The lowest BCUT2D eigenvalue weighted by molar-refractivity contribution is 0.0602. The quantitative estimate of drug-likeness (QED) is 0.460. The van der Waals surface area contributed by atoms with E-state index in [1.807, 2.05) is 67.6 Å². The number of carbonyl (C=O) groups excluding carboxylic acids is 1. The van der Waals surface area contributed by atoms with Crippen molar-refractivity contribution in [2.24, 2.45) is 7.05 Å². The van der Waals surface area contributed by atoms with Gasteiger partial charge in [-0.3, -0.25) is 4.79 Å². The summed E-state index contributed by atoms with van der Waals surface area (Å²) < 4.78 is 6.59. The lowest BCUT2D eigenvalue weighted by atomic mass is 9.98. The second kappa shape index (κ2) is 8.48. The number of para-hydroxylation sites is 1. The number of methoxy groups -OCH3 is 1. The van der Waals surface area contributed by atoms with Gasteiger partial charge in [-0.15, -0.1) is 0 Å². The molecule has 1 atom stereocenters. The number of ether oxygens (including phenoxy) is 1. The fraction of sp³-hybridized carbons (Fsp3) is 0.154. The van der Waals surface area contributed by atoms with E-state index in [0.717, 1.165) is 22.2 Å². The molecule has 4 aromatic rings. The summed E-state index contributed by atoms with van der Waals surface area (Å²) in [6, 6.07) is 24.8. The molecule has 5 nitrogen and oxygen atoms in total. The largest absolute Gasteiger partial charge is 0.465 e. The first-order chi connectivity index (χ1) is 15.0. The number of hydrogen-bond acceptors (Lipinski definition) is 4. The van der Waals surface area contributed by atoms with Crippen LogP contribution in [0.15, 0.2) is 83.7 Å².